The highest BCUT2D eigenvalue weighted by atomic mass is 35.5. The average molecular weight is 237 g/mol. The van der Waals surface area contributed by atoms with Crippen molar-refractivity contribution in [3.8, 4) is 0 Å². The smallest absolute Gasteiger partial charge is 0.0973 e. The molecule has 2 rings (SSSR count). The number of hydrogen-bond donors (Lipinski definition) is 1. The fraction of sp³-hybridized carbons (Fsp3) is 0.462. The van der Waals surface area contributed by atoms with Gasteiger partial charge in [-0.05, 0) is 23.1 Å². The first-order chi connectivity index (χ1) is 7.58. The summed E-state index contributed by atoms with van der Waals surface area (Å²) in [5.41, 5.74) is 1.33. The van der Waals surface area contributed by atoms with Gasteiger partial charge in [0.2, 0.25) is 0 Å². The van der Waals surface area contributed by atoms with Gasteiger partial charge in [0.05, 0.1) is 12.4 Å². The molecule has 1 aromatic carbocycles. The maximum absolute atomic E-state index is 6.02. The first kappa shape index (κ1) is 11.5. The molecule has 0 spiro atoms. The van der Waals surface area contributed by atoms with Gasteiger partial charge in [-0.15, -0.1) is 0 Å². The lowest BCUT2D eigenvalue weighted by molar-refractivity contribution is 0.545. The molecular formula is C13H17ClN2. The van der Waals surface area contributed by atoms with E-state index in [4.69, 9.17) is 11.6 Å². The van der Waals surface area contributed by atoms with Crippen molar-refractivity contribution >= 4 is 17.4 Å². The highest BCUT2D eigenvalue weighted by Gasteiger charge is 2.24. The van der Waals surface area contributed by atoms with E-state index in [0.29, 0.717) is 0 Å². The van der Waals surface area contributed by atoms with Gasteiger partial charge in [-0.2, -0.15) is 0 Å². The molecule has 3 heteroatoms. The Kier molecular flexibility index (Phi) is 3.20. The second kappa shape index (κ2) is 4.46. The number of aliphatic imine (C=N–C) groups is 1. The molecule has 0 saturated carbocycles. The number of nitrogens with zero attached hydrogens (tertiary/aromatic N) is 1. The van der Waals surface area contributed by atoms with Crippen LogP contribution in [0.15, 0.2) is 29.3 Å². The Morgan fingerprint density at radius 3 is 2.88 bits per heavy atom. The summed E-state index contributed by atoms with van der Waals surface area (Å²) in [4.78, 5) is 4.44. The van der Waals surface area contributed by atoms with E-state index in [1.807, 2.05) is 18.2 Å². The fourth-order valence-corrected chi connectivity index (χ4v) is 2.19. The molecule has 0 bridgehead atoms. The number of rotatable bonds is 3. The topological polar surface area (TPSA) is 24.4 Å². The Morgan fingerprint density at radius 2 is 2.25 bits per heavy atom. The third-order valence-corrected chi connectivity index (χ3v) is 3.19. The van der Waals surface area contributed by atoms with Gasteiger partial charge in [-0.3, -0.25) is 4.99 Å². The maximum Gasteiger partial charge on any atom is 0.0973 e. The molecular weight excluding hydrogens is 220 g/mol. The highest BCUT2D eigenvalue weighted by molar-refractivity contribution is 6.30. The van der Waals surface area contributed by atoms with Gasteiger partial charge in [0.25, 0.3) is 0 Å². The lowest BCUT2D eigenvalue weighted by Gasteiger charge is -2.25. The van der Waals surface area contributed by atoms with Gasteiger partial charge >= 0.3 is 0 Å². The van der Waals surface area contributed by atoms with Crippen LogP contribution in [0.4, 0.5) is 0 Å². The Balaban J connectivity index is 2.17. The van der Waals surface area contributed by atoms with E-state index in [1.54, 1.807) is 0 Å². The molecule has 0 aromatic heterocycles. The van der Waals surface area contributed by atoms with Crippen molar-refractivity contribution in [1.29, 1.82) is 0 Å². The van der Waals surface area contributed by atoms with Crippen molar-refractivity contribution in [2.45, 2.75) is 25.7 Å². The summed E-state index contributed by atoms with van der Waals surface area (Å²) in [6.07, 6.45) is 0.938. The van der Waals surface area contributed by atoms with Gasteiger partial charge in [0, 0.05) is 18.0 Å². The average Bonchev–Trinajstić information content (AvgIpc) is 2.70. The standard InChI is InChI=1S/C13H17ClN2/c1-13(2,9-12-15-6-7-16-12)10-4-3-5-11(14)8-10/h3-5,8H,6-7,9H2,1-2H3,(H,15,16). The first-order valence-corrected chi connectivity index (χ1v) is 5.99. The molecule has 86 valence electrons. The second-order valence-corrected chi connectivity index (χ2v) is 5.26. The summed E-state index contributed by atoms with van der Waals surface area (Å²) >= 11 is 6.02. The van der Waals surface area contributed by atoms with E-state index in [9.17, 15) is 0 Å². The summed E-state index contributed by atoms with van der Waals surface area (Å²) in [5.74, 6) is 1.12. The molecule has 1 aliphatic rings. The summed E-state index contributed by atoms with van der Waals surface area (Å²) in [5, 5.41) is 4.11. The molecule has 0 saturated heterocycles. The summed E-state index contributed by atoms with van der Waals surface area (Å²) in [6.45, 7) is 6.32. The summed E-state index contributed by atoms with van der Waals surface area (Å²) < 4.78 is 0. The third kappa shape index (κ3) is 2.56. The van der Waals surface area contributed by atoms with Crippen molar-refractivity contribution in [3.05, 3.63) is 34.9 Å². The molecule has 0 fully saturated rings. The molecule has 0 unspecified atom stereocenters. The Hall–Kier alpha value is -1.02. The molecule has 1 N–H and O–H groups in total. The highest BCUT2D eigenvalue weighted by Crippen LogP contribution is 2.29. The van der Waals surface area contributed by atoms with Crippen LogP contribution in [0.3, 0.4) is 0 Å². The zero-order valence-corrected chi connectivity index (χ0v) is 10.5. The Morgan fingerprint density at radius 1 is 1.44 bits per heavy atom. The number of benzene rings is 1. The number of hydrogen-bond acceptors (Lipinski definition) is 2. The van der Waals surface area contributed by atoms with Crippen LogP contribution in [0.1, 0.15) is 25.8 Å². The van der Waals surface area contributed by atoms with E-state index in [2.05, 4.69) is 30.2 Å². The lowest BCUT2D eigenvalue weighted by Crippen LogP contribution is -2.28. The molecule has 0 amide bonds. The summed E-state index contributed by atoms with van der Waals surface area (Å²) in [6, 6.07) is 8.08. The van der Waals surface area contributed by atoms with Crippen LogP contribution in [0, 0.1) is 0 Å². The number of halogens is 1. The van der Waals surface area contributed by atoms with E-state index < -0.39 is 0 Å². The molecule has 0 atom stereocenters. The quantitative estimate of drug-likeness (QED) is 0.857. The molecule has 1 heterocycles. The van der Waals surface area contributed by atoms with Crippen LogP contribution in [0.2, 0.25) is 5.02 Å². The third-order valence-electron chi connectivity index (χ3n) is 2.96. The van der Waals surface area contributed by atoms with Crippen LogP contribution in [-0.2, 0) is 5.41 Å². The van der Waals surface area contributed by atoms with Crippen molar-refractivity contribution in [3.63, 3.8) is 0 Å². The Bertz CT molecular complexity index is 410. The van der Waals surface area contributed by atoms with Gasteiger partial charge in [-0.1, -0.05) is 37.6 Å². The Labute approximate surface area is 102 Å². The maximum atomic E-state index is 6.02. The van der Waals surface area contributed by atoms with E-state index in [-0.39, 0.29) is 5.41 Å². The predicted octanol–water partition coefficient (Wildman–Crippen LogP) is 3.01. The predicted molar refractivity (Wildman–Crippen MR) is 69.4 cm³/mol. The second-order valence-electron chi connectivity index (χ2n) is 4.83. The van der Waals surface area contributed by atoms with E-state index in [1.165, 1.54) is 5.56 Å². The minimum absolute atomic E-state index is 0.0705. The van der Waals surface area contributed by atoms with Gasteiger partial charge in [-0.25, -0.2) is 0 Å². The molecule has 0 aliphatic carbocycles. The zero-order chi connectivity index (χ0) is 11.6. The van der Waals surface area contributed by atoms with Crippen molar-refractivity contribution in [2.24, 2.45) is 4.99 Å². The number of nitrogens with one attached hydrogen (secondary N) is 1. The number of amidine groups is 1. The van der Waals surface area contributed by atoms with E-state index >= 15 is 0 Å². The van der Waals surface area contributed by atoms with Gasteiger partial charge in [0.15, 0.2) is 0 Å². The van der Waals surface area contributed by atoms with Crippen molar-refractivity contribution in [1.82, 2.24) is 5.32 Å². The lowest BCUT2D eigenvalue weighted by atomic mass is 9.81. The normalized spacial score (nSPS) is 15.8. The van der Waals surface area contributed by atoms with Crippen LogP contribution in [-0.4, -0.2) is 18.9 Å². The van der Waals surface area contributed by atoms with Gasteiger partial charge in [0.1, 0.15) is 0 Å². The molecule has 1 aromatic rings. The minimum atomic E-state index is 0.0705. The fourth-order valence-electron chi connectivity index (χ4n) is 2.00. The van der Waals surface area contributed by atoms with Crippen molar-refractivity contribution < 1.29 is 0 Å². The largest absolute Gasteiger partial charge is 0.372 e. The monoisotopic (exact) mass is 236 g/mol. The molecule has 2 nitrogen and oxygen atoms in total. The van der Waals surface area contributed by atoms with Crippen LogP contribution < -0.4 is 5.32 Å². The van der Waals surface area contributed by atoms with E-state index in [0.717, 1.165) is 30.4 Å². The molecule has 0 radical (unpaired) electrons. The summed E-state index contributed by atoms with van der Waals surface area (Å²) in [7, 11) is 0. The van der Waals surface area contributed by atoms with Crippen LogP contribution in [0.25, 0.3) is 0 Å². The van der Waals surface area contributed by atoms with Crippen LogP contribution in [0.5, 0.6) is 0 Å². The minimum Gasteiger partial charge on any atom is -0.372 e. The zero-order valence-electron chi connectivity index (χ0n) is 9.76. The van der Waals surface area contributed by atoms with Crippen molar-refractivity contribution in [2.75, 3.05) is 13.1 Å². The first-order valence-electron chi connectivity index (χ1n) is 5.61. The molecule has 16 heavy (non-hydrogen) atoms. The van der Waals surface area contributed by atoms with Gasteiger partial charge < -0.3 is 5.32 Å². The SMILES string of the molecule is CC(C)(CC1=NCCN1)c1cccc(Cl)c1. The molecule has 1 aliphatic heterocycles. The van der Waals surface area contributed by atoms with Crippen LogP contribution >= 0.6 is 11.6 Å².